The zero-order valence-corrected chi connectivity index (χ0v) is 8.79. The minimum absolute atomic E-state index is 0.189. The molecule has 2 rings (SSSR count). The summed E-state index contributed by atoms with van der Waals surface area (Å²) in [5.41, 5.74) is 0. The quantitative estimate of drug-likeness (QED) is 0.743. The van der Waals surface area contributed by atoms with E-state index in [0.717, 1.165) is 23.2 Å². The second-order valence-corrected chi connectivity index (χ2v) is 3.77. The number of rotatable bonds is 2. The Kier molecular flexibility index (Phi) is 2.74. The number of hydrogen-bond donors (Lipinski definition) is 0. The van der Waals surface area contributed by atoms with E-state index in [0.29, 0.717) is 6.61 Å². The molecule has 70 valence electrons. The molecule has 1 aliphatic heterocycles. The molecule has 0 aromatic heterocycles. The Morgan fingerprint density at radius 2 is 2.08 bits per heavy atom. The fourth-order valence-electron chi connectivity index (χ4n) is 1.33. The summed E-state index contributed by atoms with van der Waals surface area (Å²) in [6, 6.07) is 7.78. The second kappa shape index (κ2) is 4.01. The van der Waals surface area contributed by atoms with Crippen molar-refractivity contribution in [1.29, 1.82) is 0 Å². The highest BCUT2D eigenvalue weighted by atomic mass is 79.9. The Bertz CT molecular complexity index is 288. The van der Waals surface area contributed by atoms with Crippen LogP contribution in [0.15, 0.2) is 24.3 Å². The minimum atomic E-state index is 0.189. The van der Waals surface area contributed by atoms with Gasteiger partial charge in [-0.25, -0.2) is 0 Å². The zero-order valence-electron chi connectivity index (χ0n) is 7.20. The van der Waals surface area contributed by atoms with Gasteiger partial charge in [-0.05, 0) is 18.6 Å². The lowest BCUT2D eigenvalue weighted by Crippen LogP contribution is -2.29. The Morgan fingerprint density at radius 3 is 2.85 bits per heavy atom. The van der Waals surface area contributed by atoms with E-state index in [1.54, 1.807) is 0 Å². The third-order valence-electron chi connectivity index (χ3n) is 2.00. The van der Waals surface area contributed by atoms with Gasteiger partial charge in [0.15, 0.2) is 11.5 Å². The number of fused-ring (bicyclic) bond motifs is 1. The van der Waals surface area contributed by atoms with Crippen LogP contribution in [-0.2, 0) is 0 Å². The molecule has 1 unspecified atom stereocenters. The highest BCUT2D eigenvalue weighted by Crippen LogP contribution is 2.31. The Labute approximate surface area is 86.0 Å². The molecule has 0 bridgehead atoms. The van der Waals surface area contributed by atoms with Crippen molar-refractivity contribution in [3.8, 4) is 11.5 Å². The maximum atomic E-state index is 5.72. The highest BCUT2D eigenvalue weighted by molar-refractivity contribution is 9.09. The van der Waals surface area contributed by atoms with Crippen molar-refractivity contribution in [2.45, 2.75) is 12.5 Å². The summed E-state index contributed by atoms with van der Waals surface area (Å²) in [6.45, 7) is 0.655. The van der Waals surface area contributed by atoms with Gasteiger partial charge < -0.3 is 9.47 Å². The molecule has 0 saturated carbocycles. The molecule has 0 radical (unpaired) electrons. The van der Waals surface area contributed by atoms with Gasteiger partial charge in [0.25, 0.3) is 0 Å². The third-order valence-corrected chi connectivity index (χ3v) is 2.46. The van der Waals surface area contributed by atoms with Crippen LogP contribution in [0.4, 0.5) is 0 Å². The number of ether oxygens (including phenoxy) is 2. The first-order valence-electron chi connectivity index (χ1n) is 4.34. The van der Waals surface area contributed by atoms with E-state index in [1.807, 2.05) is 24.3 Å². The highest BCUT2D eigenvalue weighted by Gasteiger charge is 2.19. The summed E-state index contributed by atoms with van der Waals surface area (Å²) >= 11 is 3.39. The molecule has 0 spiro atoms. The van der Waals surface area contributed by atoms with E-state index >= 15 is 0 Å². The number of halogens is 1. The minimum Gasteiger partial charge on any atom is -0.486 e. The van der Waals surface area contributed by atoms with Gasteiger partial charge in [0.1, 0.15) is 12.7 Å². The van der Waals surface area contributed by atoms with Crippen LogP contribution in [0, 0.1) is 0 Å². The third kappa shape index (κ3) is 1.97. The largest absolute Gasteiger partial charge is 0.486 e. The Balaban J connectivity index is 2.11. The molecule has 0 fully saturated rings. The van der Waals surface area contributed by atoms with Gasteiger partial charge in [-0.3, -0.25) is 0 Å². The first-order valence-corrected chi connectivity index (χ1v) is 5.47. The van der Waals surface area contributed by atoms with Crippen molar-refractivity contribution in [3.05, 3.63) is 24.3 Å². The zero-order chi connectivity index (χ0) is 9.10. The summed E-state index contributed by atoms with van der Waals surface area (Å²) in [6.07, 6.45) is 1.17. The van der Waals surface area contributed by atoms with Crippen molar-refractivity contribution in [1.82, 2.24) is 0 Å². The average Bonchev–Trinajstić information content (AvgIpc) is 2.18. The molecule has 13 heavy (non-hydrogen) atoms. The van der Waals surface area contributed by atoms with Crippen LogP contribution < -0.4 is 9.47 Å². The number of alkyl halides is 1. The number of benzene rings is 1. The van der Waals surface area contributed by atoms with Gasteiger partial charge in [0.05, 0.1) is 0 Å². The van der Waals surface area contributed by atoms with E-state index in [1.165, 1.54) is 0 Å². The van der Waals surface area contributed by atoms with Crippen LogP contribution in [-0.4, -0.2) is 18.0 Å². The Hall–Kier alpha value is -0.700. The molecule has 1 aliphatic rings. The summed E-state index contributed by atoms with van der Waals surface area (Å²) in [4.78, 5) is 0. The van der Waals surface area contributed by atoms with Gasteiger partial charge in [-0.15, -0.1) is 0 Å². The van der Waals surface area contributed by atoms with Gasteiger partial charge in [0, 0.05) is 5.33 Å². The molecule has 0 aliphatic carbocycles. The summed E-state index contributed by atoms with van der Waals surface area (Å²) < 4.78 is 11.3. The van der Waals surface area contributed by atoms with E-state index in [9.17, 15) is 0 Å². The van der Waals surface area contributed by atoms with Gasteiger partial charge in [0.2, 0.25) is 0 Å². The fraction of sp³-hybridized carbons (Fsp3) is 0.400. The van der Waals surface area contributed by atoms with Crippen LogP contribution in [0.3, 0.4) is 0 Å². The van der Waals surface area contributed by atoms with Crippen LogP contribution in [0.2, 0.25) is 0 Å². The van der Waals surface area contributed by atoms with Crippen LogP contribution in [0.25, 0.3) is 0 Å². The van der Waals surface area contributed by atoms with E-state index in [-0.39, 0.29) is 6.10 Å². The van der Waals surface area contributed by atoms with Crippen LogP contribution in [0.1, 0.15) is 6.42 Å². The fourth-order valence-corrected chi connectivity index (χ4v) is 1.84. The average molecular weight is 243 g/mol. The lowest BCUT2D eigenvalue weighted by atomic mass is 10.2. The van der Waals surface area contributed by atoms with Crippen LogP contribution in [0.5, 0.6) is 11.5 Å². The molecule has 1 aromatic rings. The molecule has 1 aromatic carbocycles. The van der Waals surface area contributed by atoms with Crippen molar-refractivity contribution < 1.29 is 9.47 Å². The molecule has 1 atom stereocenters. The van der Waals surface area contributed by atoms with E-state index in [2.05, 4.69) is 15.9 Å². The monoisotopic (exact) mass is 242 g/mol. The topological polar surface area (TPSA) is 18.5 Å². The maximum Gasteiger partial charge on any atom is 0.161 e. The molecule has 2 nitrogen and oxygen atoms in total. The van der Waals surface area contributed by atoms with E-state index < -0.39 is 0 Å². The number of para-hydroxylation sites is 2. The standard InChI is InChI=1S/C10H11BrO2/c11-6-5-8-7-12-9-3-1-2-4-10(9)13-8/h1-4,8H,5-7H2. The van der Waals surface area contributed by atoms with Crippen LogP contribution >= 0.6 is 15.9 Å². The molecule has 0 saturated heterocycles. The van der Waals surface area contributed by atoms with Crippen molar-refractivity contribution in [3.63, 3.8) is 0 Å². The summed E-state index contributed by atoms with van der Waals surface area (Å²) in [5.74, 6) is 1.72. The normalized spacial score (nSPS) is 19.9. The Morgan fingerprint density at radius 1 is 1.31 bits per heavy atom. The first-order chi connectivity index (χ1) is 6.40. The molecule has 0 N–H and O–H groups in total. The predicted molar refractivity (Wildman–Crippen MR) is 54.8 cm³/mol. The smallest absolute Gasteiger partial charge is 0.161 e. The van der Waals surface area contributed by atoms with Crippen molar-refractivity contribution >= 4 is 15.9 Å². The van der Waals surface area contributed by atoms with Crippen molar-refractivity contribution in [2.24, 2.45) is 0 Å². The van der Waals surface area contributed by atoms with E-state index in [4.69, 9.17) is 9.47 Å². The molecule has 0 amide bonds. The first kappa shape index (κ1) is 8.88. The summed E-state index contributed by atoms with van der Waals surface area (Å²) in [5, 5.41) is 0.948. The van der Waals surface area contributed by atoms with Gasteiger partial charge >= 0.3 is 0 Å². The SMILES string of the molecule is BrCCC1COc2ccccc2O1. The maximum absolute atomic E-state index is 5.72. The lowest BCUT2D eigenvalue weighted by Gasteiger charge is -2.25. The summed E-state index contributed by atoms with van der Waals surface area (Å²) in [7, 11) is 0. The molecule has 1 heterocycles. The van der Waals surface area contributed by atoms with Crippen molar-refractivity contribution in [2.75, 3.05) is 11.9 Å². The van der Waals surface area contributed by atoms with Gasteiger partial charge in [-0.2, -0.15) is 0 Å². The lowest BCUT2D eigenvalue weighted by molar-refractivity contribution is 0.0895. The second-order valence-electron chi connectivity index (χ2n) is 2.98. The van der Waals surface area contributed by atoms with Gasteiger partial charge in [-0.1, -0.05) is 28.1 Å². The predicted octanol–water partition coefficient (Wildman–Crippen LogP) is 2.61. The molecular formula is C10H11BrO2. The molecular weight excluding hydrogens is 232 g/mol. The number of hydrogen-bond acceptors (Lipinski definition) is 2. The molecule has 3 heteroatoms.